The molecule has 4 aromatic rings. The molecule has 34 heavy (non-hydrogen) atoms. The van der Waals surface area contributed by atoms with E-state index in [0.717, 1.165) is 46.7 Å². The van der Waals surface area contributed by atoms with Crippen molar-refractivity contribution in [3.63, 3.8) is 0 Å². The zero-order valence-electron chi connectivity index (χ0n) is 19.3. The number of rotatable bonds is 10. The van der Waals surface area contributed by atoms with Crippen LogP contribution in [0.2, 0.25) is 0 Å². The first kappa shape index (κ1) is 23.6. The van der Waals surface area contributed by atoms with Gasteiger partial charge in [0, 0.05) is 22.4 Å². The minimum Gasteiger partial charge on any atom is -0.494 e. The van der Waals surface area contributed by atoms with Gasteiger partial charge in [-0.1, -0.05) is 30.3 Å². The van der Waals surface area contributed by atoms with Crippen LogP contribution in [0.15, 0.2) is 66.7 Å². The number of para-hydroxylation sites is 1. The summed E-state index contributed by atoms with van der Waals surface area (Å²) in [5.74, 6) is 0.976. The van der Waals surface area contributed by atoms with Crippen LogP contribution in [-0.4, -0.2) is 38.4 Å². The van der Waals surface area contributed by atoms with Crippen LogP contribution in [0.5, 0.6) is 11.5 Å². The minimum atomic E-state index is -3.63. The van der Waals surface area contributed by atoms with Gasteiger partial charge in [0.25, 0.3) is 5.91 Å². The van der Waals surface area contributed by atoms with Crippen LogP contribution >= 0.6 is 0 Å². The Hall–Kier alpha value is -3.52. The van der Waals surface area contributed by atoms with Gasteiger partial charge in [0.1, 0.15) is 18.0 Å². The number of carbonyl (C=O) groups excluding carboxylic acids is 1. The average molecular weight is 481 g/mol. The summed E-state index contributed by atoms with van der Waals surface area (Å²) in [4.78, 5) is 12.3. The van der Waals surface area contributed by atoms with Crippen LogP contribution in [0.1, 0.15) is 18.4 Å². The van der Waals surface area contributed by atoms with Gasteiger partial charge in [-0.3, -0.25) is 9.52 Å². The highest BCUT2D eigenvalue weighted by molar-refractivity contribution is 7.89. The van der Waals surface area contributed by atoms with Crippen LogP contribution in [-0.2, 0) is 21.4 Å². The summed E-state index contributed by atoms with van der Waals surface area (Å²) >= 11 is 0. The minimum absolute atomic E-state index is 0.114. The SMILES string of the molecule is Cc1cccc(OCCCCOc2ccc3c4ccccc4n(CC(=O)NS(C)(=O)=O)c3c2)c1. The van der Waals surface area contributed by atoms with Crippen molar-refractivity contribution in [3.8, 4) is 11.5 Å². The first-order valence-corrected chi connectivity index (χ1v) is 13.0. The van der Waals surface area contributed by atoms with Crippen LogP contribution in [0.3, 0.4) is 0 Å². The Morgan fingerprint density at radius 3 is 2.24 bits per heavy atom. The Bertz CT molecular complexity index is 1430. The fraction of sp³-hybridized carbons (Fsp3) is 0.269. The number of sulfonamides is 1. The lowest BCUT2D eigenvalue weighted by molar-refractivity contribution is -0.119. The second kappa shape index (κ2) is 10.2. The van der Waals surface area contributed by atoms with Crippen LogP contribution < -0.4 is 14.2 Å². The molecule has 1 aromatic heterocycles. The molecule has 0 radical (unpaired) electrons. The van der Waals surface area contributed by atoms with Crippen molar-refractivity contribution in [1.82, 2.24) is 9.29 Å². The van der Waals surface area contributed by atoms with E-state index in [1.807, 2.05) is 82.9 Å². The molecule has 3 aromatic carbocycles. The van der Waals surface area contributed by atoms with E-state index in [9.17, 15) is 13.2 Å². The highest BCUT2D eigenvalue weighted by Crippen LogP contribution is 2.31. The Morgan fingerprint density at radius 1 is 0.853 bits per heavy atom. The third kappa shape index (κ3) is 5.88. The third-order valence-corrected chi connectivity index (χ3v) is 6.01. The van der Waals surface area contributed by atoms with E-state index in [4.69, 9.17) is 9.47 Å². The summed E-state index contributed by atoms with van der Waals surface area (Å²) in [6.45, 7) is 3.08. The molecule has 1 heterocycles. The molecule has 4 rings (SSSR count). The lowest BCUT2D eigenvalue weighted by Crippen LogP contribution is -2.32. The molecule has 0 atom stereocenters. The topological polar surface area (TPSA) is 86.6 Å². The number of unbranched alkanes of at least 4 members (excludes halogenated alkanes) is 1. The van der Waals surface area contributed by atoms with Gasteiger partial charge in [-0.05, 0) is 55.7 Å². The molecular formula is C26H28N2O5S. The van der Waals surface area contributed by atoms with Crippen molar-refractivity contribution < 1.29 is 22.7 Å². The summed E-state index contributed by atoms with van der Waals surface area (Å²) in [7, 11) is -3.63. The van der Waals surface area contributed by atoms with E-state index in [2.05, 4.69) is 0 Å². The van der Waals surface area contributed by atoms with Gasteiger partial charge in [-0.2, -0.15) is 0 Å². The molecule has 8 heteroatoms. The zero-order valence-corrected chi connectivity index (χ0v) is 20.1. The Balaban J connectivity index is 1.43. The number of aryl methyl sites for hydroxylation is 1. The van der Waals surface area contributed by atoms with E-state index in [1.54, 1.807) is 0 Å². The number of carbonyl (C=O) groups is 1. The number of hydrogen-bond acceptors (Lipinski definition) is 5. The van der Waals surface area contributed by atoms with E-state index in [0.29, 0.717) is 19.0 Å². The summed E-state index contributed by atoms with van der Waals surface area (Å²) < 4.78 is 38.5. The quantitative estimate of drug-likeness (QED) is 0.340. The molecule has 1 amide bonds. The number of benzene rings is 3. The molecule has 0 aliphatic heterocycles. The molecule has 0 saturated heterocycles. The highest BCUT2D eigenvalue weighted by Gasteiger charge is 2.16. The first-order valence-electron chi connectivity index (χ1n) is 11.1. The van der Waals surface area contributed by atoms with E-state index in [-0.39, 0.29) is 6.54 Å². The van der Waals surface area contributed by atoms with Crippen LogP contribution in [0.25, 0.3) is 21.8 Å². The summed E-state index contributed by atoms with van der Waals surface area (Å²) in [6.07, 6.45) is 2.67. The number of fused-ring (bicyclic) bond motifs is 3. The Morgan fingerprint density at radius 2 is 1.53 bits per heavy atom. The largest absolute Gasteiger partial charge is 0.494 e. The first-order chi connectivity index (χ1) is 16.3. The zero-order chi connectivity index (χ0) is 24.1. The van der Waals surface area contributed by atoms with Gasteiger partial charge < -0.3 is 14.0 Å². The van der Waals surface area contributed by atoms with Crippen molar-refractivity contribution in [2.75, 3.05) is 19.5 Å². The summed E-state index contributed by atoms with van der Waals surface area (Å²) in [6, 6.07) is 21.5. The van der Waals surface area contributed by atoms with Gasteiger partial charge in [0.15, 0.2) is 0 Å². The van der Waals surface area contributed by atoms with Gasteiger partial charge >= 0.3 is 0 Å². The second-order valence-corrected chi connectivity index (χ2v) is 10.0. The lowest BCUT2D eigenvalue weighted by atomic mass is 10.1. The van der Waals surface area contributed by atoms with Gasteiger partial charge in [-0.15, -0.1) is 0 Å². The molecule has 178 valence electrons. The van der Waals surface area contributed by atoms with Crippen molar-refractivity contribution >= 4 is 37.7 Å². The maximum absolute atomic E-state index is 12.3. The van der Waals surface area contributed by atoms with Crippen LogP contribution in [0.4, 0.5) is 0 Å². The highest BCUT2D eigenvalue weighted by atomic mass is 32.2. The Labute approximate surface area is 199 Å². The van der Waals surface area contributed by atoms with E-state index >= 15 is 0 Å². The van der Waals surface area contributed by atoms with Gasteiger partial charge in [0.2, 0.25) is 10.0 Å². The summed E-state index contributed by atoms with van der Waals surface area (Å²) in [5, 5.41) is 1.96. The standard InChI is InChI=1S/C26H28N2O5S/c1-19-8-7-9-20(16-19)32-14-5-6-15-33-21-12-13-23-22-10-3-4-11-24(22)28(25(23)17-21)18-26(29)27-34(2,30)31/h3-4,7-13,16-17H,5-6,14-15,18H2,1-2H3,(H,27,29). The Kier molecular flexibility index (Phi) is 7.07. The van der Waals surface area contributed by atoms with Gasteiger partial charge in [-0.25, -0.2) is 8.42 Å². The summed E-state index contributed by atoms with van der Waals surface area (Å²) in [5.41, 5.74) is 2.83. The normalized spacial score (nSPS) is 11.6. The molecule has 0 spiro atoms. The van der Waals surface area contributed by atoms with E-state index < -0.39 is 15.9 Å². The average Bonchev–Trinajstić information content (AvgIpc) is 3.08. The number of ether oxygens (including phenoxy) is 2. The van der Waals surface area contributed by atoms with Crippen molar-refractivity contribution in [2.45, 2.75) is 26.3 Å². The fourth-order valence-electron chi connectivity index (χ4n) is 3.96. The molecule has 1 N–H and O–H groups in total. The number of amides is 1. The van der Waals surface area contributed by atoms with Crippen molar-refractivity contribution in [3.05, 3.63) is 72.3 Å². The predicted molar refractivity (Wildman–Crippen MR) is 134 cm³/mol. The number of hydrogen-bond donors (Lipinski definition) is 1. The van der Waals surface area contributed by atoms with Gasteiger partial charge in [0.05, 0.1) is 25.0 Å². The molecular weight excluding hydrogens is 452 g/mol. The predicted octanol–water partition coefficient (Wildman–Crippen LogP) is 4.42. The molecule has 7 nitrogen and oxygen atoms in total. The number of aromatic nitrogens is 1. The maximum atomic E-state index is 12.3. The van der Waals surface area contributed by atoms with Crippen molar-refractivity contribution in [1.29, 1.82) is 0 Å². The van der Waals surface area contributed by atoms with E-state index in [1.165, 1.54) is 5.56 Å². The lowest BCUT2D eigenvalue weighted by Gasteiger charge is -2.10. The van der Waals surface area contributed by atoms with Crippen molar-refractivity contribution in [2.24, 2.45) is 0 Å². The molecule has 0 bridgehead atoms. The molecule has 0 aliphatic carbocycles. The third-order valence-electron chi connectivity index (χ3n) is 5.41. The van der Waals surface area contributed by atoms with Crippen LogP contribution in [0, 0.1) is 6.92 Å². The molecule has 0 unspecified atom stereocenters. The smallest absolute Gasteiger partial charge is 0.253 e. The molecule has 0 saturated carbocycles. The maximum Gasteiger partial charge on any atom is 0.253 e. The second-order valence-electron chi connectivity index (χ2n) is 8.30. The monoisotopic (exact) mass is 480 g/mol. The number of nitrogens with zero attached hydrogens (tertiary/aromatic N) is 1. The fourth-order valence-corrected chi connectivity index (χ4v) is 4.44. The number of nitrogens with one attached hydrogen (secondary N) is 1. The molecule has 0 aliphatic rings. The molecule has 0 fully saturated rings.